The van der Waals surface area contributed by atoms with Crippen LogP contribution in [0.5, 0.6) is 0 Å². The van der Waals surface area contributed by atoms with Crippen LogP contribution in [-0.2, 0) is 0 Å². The summed E-state index contributed by atoms with van der Waals surface area (Å²) < 4.78 is 0. The van der Waals surface area contributed by atoms with Crippen LogP contribution >= 0.6 is 0 Å². The molecule has 0 saturated carbocycles. The second kappa shape index (κ2) is 6.98. The van der Waals surface area contributed by atoms with E-state index < -0.39 is 0 Å². The van der Waals surface area contributed by atoms with Crippen LogP contribution in [0, 0.1) is 6.92 Å². The van der Waals surface area contributed by atoms with Gasteiger partial charge in [-0.15, -0.1) is 0 Å². The van der Waals surface area contributed by atoms with E-state index in [0.29, 0.717) is 6.04 Å². The Morgan fingerprint density at radius 1 is 1.30 bits per heavy atom. The molecule has 1 aromatic rings. The first kappa shape index (κ1) is 15.2. The minimum atomic E-state index is 0.677. The molecule has 1 aliphatic rings. The summed E-state index contributed by atoms with van der Waals surface area (Å²) in [7, 11) is 4.24. The van der Waals surface area contributed by atoms with Crippen LogP contribution in [0.4, 0.5) is 11.4 Å². The Bertz CT molecular complexity index is 428. The minimum absolute atomic E-state index is 0.677. The van der Waals surface area contributed by atoms with Crippen molar-refractivity contribution in [3.05, 3.63) is 23.8 Å². The summed E-state index contributed by atoms with van der Waals surface area (Å²) in [5, 5.41) is 3.65. The Morgan fingerprint density at radius 3 is 2.80 bits per heavy atom. The standard InChI is InChI=1S/C17H29N3/c1-5-15-9-12-20(11-6-10-18-15)16-8-7-14(2)17(13-16)19(3)4/h7-8,13,15,18H,5-6,9-12H2,1-4H3. The average molecular weight is 275 g/mol. The zero-order chi connectivity index (χ0) is 14.5. The molecule has 0 radical (unpaired) electrons. The number of hydrogen-bond donors (Lipinski definition) is 1. The lowest BCUT2D eigenvalue weighted by molar-refractivity contribution is 0.439. The molecule has 0 spiro atoms. The molecule has 2 rings (SSSR count). The molecule has 1 N–H and O–H groups in total. The van der Waals surface area contributed by atoms with Crippen LogP contribution in [0.2, 0.25) is 0 Å². The highest BCUT2D eigenvalue weighted by Crippen LogP contribution is 2.26. The van der Waals surface area contributed by atoms with E-state index in [-0.39, 0.29) is 0 Å². The van der Waals surface area contributed by atoms with Gasteiger partial charge in [-0.1, -0.05) is 13.0 Å². The molecule has 1 fully saturated rings. The number of rotatable bonds is 3. The van der Waals surface area contributed by atoms with Gasteiger partial charge in [-0.25, -0.2) is 0 Å². The van der Waals surface area contributed by atoms with Gasteiger partial charge in [0.25, 0.3) is 0 Å². The molecule has 3 heteroatoms. The lowest BCUT2D eigenvalue weighted by Crippen LogP contribution is -2.39. The molecule has 0 bridgehead atoms. The van der Waals surface area contributed by atoms with E-state index in [2.05, 4.69) is 61.3 Å². The van der Waals surface area contributed by atoms with Gasteiger partial charge in [-0.2, -0.15) is 0 Å². The van der Waals surface area contributed by atoms with E-state index in [0.717, 1.165) is 19.6 Å². The van der Waals surface area contributed by atoms with Crippen LogP contribution in [0.3, 0.4) is 0 Å². The molecule has 1 aliphatic heterocycles. The van der Waals surface area contributed by atoms with Crippen molar-refractivity contribution >= 4 is 11.4 Å². The summed E-state index contributed by atoms with van der Waals surface area (Å²) in [5.41, 5.74) is 4.05. The fourth-order valence-corrected chi connectivity index (χ4v) is 2.98. The molecule has 112 valence electrons. The van der Waals surface area contributed by atoms with Gasteiger partial charge >= 0.3 is 0 Å². The van der Waals surface area contributed by atoms with Gasteiger partial charge in [-0.05, 0) is 50.4 Å². The molecule has 3 nitrogen and oxygen atoms in total. The predicted octanol–water partition coefficient (Wildman–Crippen LogP) is 3.03. The average Bonchev–Trinajstić information content (AvgIpc) is 2.40. The lowest BCUT2D eigenvalue weighted by Gasteiger charge is -2.31. The Morgan fingerprint density at radius 2 is 2.10 bits per heavy atom. The molecular formula is C17H29N3. The van der Waals surface area contributed by atoms with Crippen LogP contribution in [0.15, 0.2) is 18.2 Å². The van der Waals surface area contributed by atoms with Gasteiger partial charge < -0.3 is 15.1 Å². The highest BCUT2D eigenvalue weighted by Gasteiger charge is 2.15. The van der Waals surface area contributed by atoms with Gasteiger partial charge in [0.05, 0.1) is 0 Å². The minimum Gasteiger partial charge on any atom is -0.377 e. The molecular weight excluding hydrogens is 246 g/mol. The third kappa shape index (κ3) is 3.66. The smallest absolute Gasteiger partial charge is 0.0411 e. The Balaban J connectivity index is 2.14. The molecule has 1 unspecified atom stereocenters. The zero-order valence-electron chi connectivity index (χ0n) is 13.4. The number of anilines is 2. The van der Waals surface area contributed by atoms with Crippen LogP contribution in [0.25, 0.3) is 0 Å². The van der Waals surface area contributed by atoms with Gasteiger partial charge in [0, 0.05) is 44.6 Å². The molecule has 1 heterocycles. The van der Waals surface area contributed by atoms with Crippen molar-refractivity contribution in [3.63, 3.8) is 0 Å². The Kier molecular flexibility index (Phi) is 5.30. The first-order chi connectivity index (χ1) is 9.61. The monoisotopic (exact) mass is 275 g/mol. The summed E-state index contributed by atoms with van der Waals surface area (Å²) >= 11 is 0. The topological polar surface area (TPSA) is 18.5 Å². The predicted molar refractivity (Wildman–Crippen MR) is 89.0 cm³/mol. The maximum absolute atomic E-state index is 3.65. The van der Waals surface area contributed by atoms with E-state index in [1.807, 2.05) is 0 Å². The summed E-state index contributed by atoms with van der Waals surface area (Å²) in [5.74, 6) is 0. The number of nitrogens with zero attached hydrogens (tertiary/aromatic N) is 2. The van der Waals surface area contributed by atoms with E-state index in [1.54, 1.807) is 0 Å². The maximum Gasteiger partial charge on any atom is 0.0411 e. The quantitative estimate of drug-likeness (QED) is 0.915. The molecule has 1 atom stereocenters. The van der Waals surface area contributed by atoms with Crippen molar-refractivity contribution in [1.82, 2.24) is 5.32 Å². The summed E-state index contributed by atoms with van der Waals surface area (Å²) in [6.45, 7) is 7.91. The third-order valence-electron chi connectivity index (χ3n) is 4.32. The number of nitrogens with one attached hydrogen (secondary N) is 1. The molecule has 1 saturated heterocycles. The number of aryl methyl sites for hydroxylation is 1. The van der Waals surface area contributed by atoms with E-state index in [9.17, 15) is 0 Å². The fraction of sp³-hybridized carbons (Fsp3) is 0.647. The summed E-state index contributed by atoms with van der Waals surface area (Å²) in [6.07, 6.45) is 3.69. The van der Waals surface area contributed by atoms with Crippen LogP contribution in [0.1, 0.15) is 31.7 Å². The Labute approximate surface area is 124 Å². The molecule has 20 heavy (non-hydrogen) atoms. The van der Waals surface area contributed by atoms with Crippen molar-refractivity contribution in [2.75, 3.05) is 43.5 Å². The number of benzene rings is 1. The van der Waals surface area contributed by atoms with Gasteiger partial charge in [0.2, 0.25) is 0 Å². The first-order valence-corrected chi connectivity index (χ1v) is 7.88. The summed E-state index contributed by atoms with van der Waals surface area (Å²) in [6, 6.07) is 7.54. The first-order valence-electron chi connectivity index (χ1n) is 7.88. The fourth-order valence-electron chi connectivity index (χ4n) is 2.98. The van der Waals surface area contributed by atoms with Crippen molar-refractivity contribution in [3.8, 4) is 0 Å². The molecule has 0 aromatic heterocycles. The second-order valence-electron chi connectivity index (χ2n) is 6.05. The molecule has 0 amide bonds. The van der Waals surface area contributed by atoms with Gasteiger partial charge in [0.15, 0.2) is 0 Å². The SMILES string of the molecule is CCC1CCN(c2ccc(C)c(N(C)C)c2)CCCN1. The Hall–Kier alpha value is -1.22. The van der Waals surface area contributed by atoms with Crippen molar-refractivity contribution in [2.24, 2.45) is 0 Å². The number of hydrogen-bond acceptors (Lipinski definition) is 3. The van der Waals surface area contributed by atoms with E-state index >= 15 is 0 Å². The lowest BCUT2D eigenvalue weighted by atomic mass is 10.1. The highest BCUT2D eigenvalue weighted by atomic mass is 15.1. The van der Waals surface area contributed by atoms with Crippen molar-refractivity contribution < 1.29 is 0 Å². The third-order valence-corrected chi connectivity index (χ3v) is 4.32. The van der Waals surface area contributed by atoms with Crippen LogP contribution in [-0.4, -0.2) is 39.8 Å². The molecule has 1 aromatic carbocycles. The largest absolute Gasteiger partial charge is 0.377 e. The highest BCUT2D eigenvalue weighted by molar-refractivity contribution is 5.62. The normalized spacial score (nSPS) is 20.4. The van der Waals surface area contributed by atoms with Gasteiger partial charge in [0.1, 0.15) is 0 Å². The van der Waals surface area contributed by atoms with E-state index in [4.69, 9.17) is 0 Å². The second-order valence-corrected chi connectivity index (χ2v) is 6.05. The van der Waals surface area contributed by atoms with E-state index in [1.165, 1.54) is 36.2 Å². The van der Waals surface area contributed by atoms with Crippen molar-refractivity contribution in [2.45, 2.75) is 39.2 Å². The maximum atomic E-state index is 3.65. The van der Waals surface area contributed by atoms with Gasteiger partial charge in [-0.3, -0.25) is 0 Å². The van der Waals surface area contributed by atoms with Crippen molar-refractivity contribution in [1.29, 1.82) is 0 Å². The summed E-state index contributed by atoms with van der Waals surface area (Å²) in [4.78, 5) is 4.76. The van der Waals surface area contributed by atoms with Crippen LogP contribution < -0.4 is 15.1 Å². The zero-order valence-corrected chi connectivity index (χ0v) is 13.4. The molecule has 0 aliphatic carbocycles.